The molecule has 1 aromatic heterocycles. The topological polar surface area (TPSA) is 94.9 Å². The number of anilines is 2. The van der Waals surface area contributed by atoms with E-state index in [1.165, 1.54) is 10.9 Å². The van der Waals surface area contributed by atoms with Crippen molar-refractivity contribution in [1.82, 2.24) is 14.7 Å². The smallest absolute Gasteiger partial charge is 0.299 e. The average molecular weight is 541 g/mol. The highest BCUT2D eigenvalue weighted by molar-refractivity contribution is 5.94. The molecule has 0 saturated carbocycles. The molecule has 1 aliphatic heterocycles. The molecule has 1 saturated heterocycles. The lowest BCUT2D eigenvalue weighted by Crippen LogP contribution is -2.40. The number of nitrogens with zero attached hydrogens (tertiary/aromatic N) is 3. The van der Waals surface area contributed by atoms with Gasteiger partial charge in [0.25, 0.3) is 11.5 Å². The summed E-state index contributed by atoms with van der Waals surface area (Å²) >= 11 is 0. The van der Waals surface area contributed by atoms with Gasteiger partial charge in [0.2, 0.25) is 0 Å². The van der Waals surface area contributed by atoms with Crippen LogP contribution in [0.1, 0.15) is 35.7 Å². The van der Waals surface area contributed by atoms with E-state index in [1.54, 1.807) is 60.5 Å². The van der Waals surface area contributed by atoms with Gasteiger partial charge in [-0.15, -0.1) is 0 Å². The number of morpholine rings is 1. The van der Waals surface area contributed by atoms with E-state index in [-0.39, 0.29) is 17.3 Å². The van der Waals surface area contributed by atoms with Crippen LogP contribution in [-0.4, -0.2) is 54.0 Å². The fraction of sp³-hybridized carbons (Fsp3) is 0.258. The Bertz CT molecular complexity index is 1530. The Hall–Kier alpha value is -4.63. The number of carbonyl (C=O) groups is 1. The first kappa shape index (κ1) is 27.0. The van der Waals surface area contributed by atoms with Gasteiger partial charge in [0.05, 0.1) is 32.2 Å². The number of hydrogen-bond donors (Lipinski definition) is 1. The molecule has 4 aromatic rings. The highest BCUT2D eigenvalue weighted by Gasteiger charge is 2.19. The Morgan fingerprint density at radius 3 is 2.38 bits per heavy atom. The van der Waals surface area contributed by atoms with E-state index in [1.807, 2.05) is 24.3 Å². The summed E-state index contributed by atoms with van der Waals surface area (Å²) < 4.78 is 18.1. The molecule has 0 spiro atoms. The number of aromatic nitrogens is 2. The highest BCUT2D eigenvalue weighted by Crippen LogP contribution is 2.31. The first-order chi connectivity index (χ1) is 19.4. The van der Waals surface area contributed by atoms with Crippen LogP contribution in [0.4, 0.5) is 11.4 Å². The third kappa shape index (κ3) is 6.00. The maximum Gasteiger partial charge on any atom is 0.299 e. The number of benzene rings is 3. The molecule has 0 unspecified atom stereocenters. The van der Waals surface area contributed by atoms with Gasteiger partial charge >= 0.3 is 0 Å². The summed E-state index contributed by atoms with van der Waals surface area (Å²) in [7, 11) is 1.58. The van der Waals surface area contributed by atoms with Crippen LogP contribution in [0.3, 0.4) is 0 Å². The van der Waals surface area contributed by atoms with Crippen molar-refractivity contribution in [3.63, 3.8) is 0 Å². The van der Waals surface area contributed by atoms with E-state index in [9.17, 15) is 9.59 Å². The average Bonchev–Trinajstić information content (AvgIpc) is 2.99. The predicted octanol–water partition coefficient (Wildman–Crippen LogP) is 5.37. The minimum atomic E-state index is -0.392. The van der Waals surface area contributed by atoms with Crippen molar-refractivity contribution in [3.05, 3.63) is 100 Å². The number of carbonyl (C=O) groups excluding carboxylic acids is 1. The second-order valence-corrected chi connectivity index (χ2v) is 9.73. The molecule has 3 aromatic carbocycles. The molecule has 2 heterocycles. The maximum absolute atomic E-state index is 13.8. The lowest BCUT2D eigenvalue weighted by molar-refractivity contribution is 0.0303. The SMILES string of the molecule is COc1ccc(-n2ncc(Oc3cccc(C(C)C)c3)c(Nc3ccc(C(=O)N4CCOCC4)cc3)c2=O)cc1. The first-order valence-electron chi connectivity index (χ1n) is 13.2. The summed E-state index contributed by atoms with van der Waals surface area (Å²) in [6, 6.07) is 21.8. The molecule has 1 N–H and O–H groups in total. The van der Waals surface area contributed by atoms with Gasteiger partial charge in [-0.3, -0.25) is 9.59 Å². The molecule has 0 atom stereocenters. The molecule has 206 valence electrons. The summed E-state index contributed by atoms with van der Waals surface area (Å²) in [6.45, 7) is 6.43. The van der Waals surface area contributed by atoms with Gasteiger partial charge in [0.15, 0.2) is 11.4 Å². The minimum absolute atomic E-state index is 0.0466. The second-order valence-electron chi connectivity index (χ2n) is 9.73. The molecule has 40 heavy (non-hydrogen) atoms. The first-order valence-corrected chi connectivity index (χ1v) is 13.2. The van der Waals surface area contributed by atoms with E-state index < -0.39 is 5.56 Å². The van der Waals surface area contributed by atoms with Crippen LogP contribution in [0.15, 0.2) is 83.8 Å². The Morgan fingerprint density at radius 2 is 1.70 bits per heavy atom. The van der Waals surface area contributed by atoms with E-state index >= 15 is 0 Å². The largest absolute Gasteiger partial charge is 0.497 e. The molecule has 1 fully saturated rings. The molecule has 0 radical (unpaired) electrons. The highest BCUT2D eigenvalue weighted by atomic mass is 16.5. The van der Waals surface area contributed by atoms with Gasteiger partial charge in [0.1, 0.15) is 11.5 Å². The van der Waals surface area contributed by atoms with Crippen molar-refractivity contribution >= 4 is 17.3 Å². The van der Waals surface area contributed by atoms with Crippen molar-refractivity contribution in [2.45, 2.75) is 19.8 Å². The van der Waals surface area contributed by atoms with Gasteiger partial charge in [-0.25, -0.2) is 0 Å². The van der Waals surface area contributed by atoms with Crippen LogP contribution in [0.2, 0.25) is 0 Å². The lowest BCUT2D eigenvalue weighted by Gasteiger charge is -2.26. The number of methoxy groups -OCH3 is 1. The van der Waals surface area contributed by atoms with Crippen LogP contribution < -0.4 is 20.3 Å². The van der Waals surface area contributed by atoms with Crippen LogP contribution in [0.25, 0.3) is 5.69 Å². The fourth-order valence-electron chi connectivity index (χ4n) is 4.39. The molecule has 1 amide bonds. The van der Waals surface area contributed by atoms with Crippen molar-refractivity contribution in [3.8, 4) is 22.9 Å². The van der Waals surface area contributed by atoms with E-state index in [0.29, 0.717) is 60.7 Å². The van der Waals surface area contributed by atoms with Crippen LogP contribution in [-0.2, 0) is 4.74 Å². The standard InChI is InChI=1S/C31H32N4O5/c1-21(2)23-5-4-6-27(19-23)40-28-20-32-35(25-11-13-26(38-3)14-12-25)31(37)29(28)33-24-9-7-22(8-10-24)30(36)34-15-17-39-18-16-34/h4-14,19-21,33H,15-18H2,1-3H3. The van der Waals surface area contributed by atoms with Crippen LogP contribution in [0, 0.1) is 0 Å². The number of rotatable bonds is 8. The quantitative estimate of drug-likeness (QED) is 0.321. The zero-order valence-corrected chi connectivity index (χ0v) is 22.8. The molecule has 5 rings (SSSR count). The zero-order chi connectivity index (χ0) is 28.1. The molecule has 9 nitrogen and oxygen atoms in total. The number of nitrogens with one attached hydrogen (secondary N) is 1. The van der Waals surface area contributed by atoms with E-state index in [4.69, 9.17) is 14.2 Å². The Kier molecular flexibility index (Phi) is 8.12. The molecule has 1 aliphatic rings. The maximum atomic E-state index is 13.8. The van der Waals surface area contributed by atoms with Crippen molar-refractivity contribution in [1.29, 1.82) is 0 Å². The number of hydrogen-bond acceptors (Lipinski definition) is 7. The summed E-state index contributed by atoms with van der Waals surface area (Å²) in [6.07, 6.45) is 1.52. The zero-order valence-electron chi connectivity index (χ0n) is 22.8. The second kappa shape index (κ2) is 12.0. The van der Waals surface area contributed by atoms with Gasteiger partial charge in [0, 0.05) is 24.3 Å². The van der Waals surface area contributed by atoms with Gasteiger partial charge < -0.3 is 24.4 Å². The molecular formula is C31H32N4O5. The Balaban J connectivity index is 1.48. The molecule has 0 aliphatic carbocycles. The van der Waals surface area contributed by atoms with Crippen molar-refractivity contribution < 1.29 is 19.0 Å². The van der Waals surface area contributed by atoms with Crippen LogP contribution in [0.5, 0.6) is 17.2 Å². The number of ether oxygens (including phenoxy) is 3. The molecule has 9 heteroatoms. The van der Waals surface area contributed by atoms with Gasteiger partial charge in [-0.2, -0.15) is 9.78 Å². The summed E-state index contributed by atoms with van der Waals surface area (Å²) in [5, 5.41) is 7.60. The minimum Gasteiger partial charge on any atom is -0.497 e. The summed E-state index contributed by atoms with van der Waals surface area (Å²) in [4.78, 5) is 28.4. The predicted molar refractivity (Wildman–Crippen MR) is 153 cm³/mol. The fourth-order valence-corrected chi connectivity index (χ4v) is 4.39. The summed E-state index contributed by atoms with van der Waals surface area (Å²) in [5.41, 5.74) is 2.72. The van der Waals surface area contributed by atoms with E-state index in [0.717, 1.165) is 5.56 Å². The lowest BCUT2D eigenvalue weighted by atomic mass is 10.0. The third-order valence-electron chi connectivity index (χ3n) is 6.71. The van der Waals surface area contributed by atoms with Crippen LogP contribution >= 0.6 is 0 Å². The number of amides is 1. The monoisotopic (exact) mass is 540 g/mol. The Labute approximate surface area is 232 Å². The van der Waals surface area contributed by atoms with Crippen molar-refractivity contribution in [2.75, 3.05) is 38.7 Å². The molecule has 0 bridgehead atoms. The van der Waals surface area contributed by atoms with Gasteiger partial charge in [-0.1, -0.05) is 26.0 Å². The van der Waals surface area contributed by atoms with Crippen molar-refractivity contribution in [2.24, 2.45) is 0 Å². The van der Waals surface area contributed by atoms with Gasteiger partial charge in [-0.05, 0) is 72.1 Å². The molecular weight excluding hydrogens is 508 g/mol. The van der Waals surface area contributed by atoms with E-state index in [2.05, 4.69) is 24.3 Å². The third-order valence-corrected chi connectivity index (χ3v) is 6.71. The Morgan fingerprint density at radius 1 is 0.975 bits per heavy atom. The normalized spacial score (nSPS) is 13.2. The summed E-state index contributed by atoms with van der Waals surface area (Å²) in [5.74, 6) is 1.83.